The third kappa shape index (κ3) is 7.05. The van der Waals surface area contributed by atoms with Crippen LogP contribution in [0.2, 0.25) is 0 Å². The number of nitrogens with zero attached hydrogens (tertiary/aromatic N) is 1. The summed E-state index contributed by atoms with van der Waals surface area (Å²) >= 11 is 0. The quantitative estimate of drug-likeness (QED) is 0.279. The van der Waals surface area contributed by atoms with Gasteiger partial charge in [0.25, 0.3) is 5.91 Å². The van der Waals surface area contributed by atoms with E-state index in [9.17, 15) is 19.2 Å². The van der Waals surface area contributed by atoms with Gasteiger partial charge < -0.3 is 20.3 Å². The van der Waals surface area contributed by atoms with Crippen LogP contribution in [0.3, 0.4) is 0 Å². The van der Waals surface area contributed by atoms with Crippen LogP contribution in [0.1, 0.15) is 47.5 Å². The highest BCUT2D eigenvalue weighted by atomic mass is 16.6. The second-order valence-electron chi connectivity index (χ2n) is 7.84. The Morgan fingerprint density at radius 2 is 1.85 bits per heavy atom. The van der Waals surface area contributed by atoms with Crippen LogP contribution < -0.4 is 21.9 Å². The third-order valence-electron chi connectivity index (χ3n) is 4.03. The first kappa shape index (κ1) is 22.7. The first-order valence-corrected chi connectivity index (χ1v) is 9.03. The monoisotopic (exact) mass is 385 g/mol. The second-order valence-corrected chi connectivity index (χ2v) is 7.84. The fourth-order valence-corrected chi connectivity index (χ4v) is 2.77. The lowest BCUT2D eigenvalue weighted by molar-refractivity contribution is -0.141. The van der Waals surface area contributed by atoms with Gasteiger partial charge in [0.05, 0.1) is 6.54 Å². The van der Waals surface area contributed by atoms with Gasteiger partial charge >= 0.3 is 6.09 Å². The van der Waals surface area contributed by atoms with E-state index in [0.717, 1.165) is 0 Å². The Morgan fingerprint density at radius 3 is 2.37 bits per heavy atom. The predicted octanol–water partition coefficient (Wildman–Crippen LogP) is -0.367. The Balaban J connectivity index is 2.80. The molecule has 0 spiro atoms. The normalized spacial score (nSPS) is 18.0. The molecule has 1 rings (SSSR count). The summed E-state index contributed by atoms with van der Waals surface area (Å²) in [7, 11) is 0. The van der Waals surface area contributed by atoms with E-state index in [0.29, 0.717) is 19.4 Å². The lowest BCUT2D eigenvalue weighted by Crippen LogP contribution is -2.56. The van der Waals surface area contributed by atoms with Gasteiger partial charge in [0.2, 0.25) is 11.8 Å². The molecule has 1 fully saturated rings. The van der Waals surface area contributed by atoms with E-state index in [1.807, 2.05) is 5.43 Å². The lowest BCUT2D eigenvalue weighted by Gasteiger charge is -2.31. The Hall–Kier alpha value is -2.36. The topological polar surface area (TPSA) is 143 Å². The molecule has 10 heteroatoms. The fraction of sp³-hybridized carbons (Fsp3) is 0.765. The summed E-state index contributed by atoms with van der Waals surface area (Å²) in [6.45, 7) is 8.94. The second kappa shape index (κ2) is 9.54. The van der Waals surface area contributed by atoms with Gasteiger partial charge in [-0.2, -0.15) is 0 Å². The Labute approximate surface area is 159 Å². The van der Waals surface area contributed by atoms with E-state index in [2.05, 4.69) is 10.6 Å². The number of hydrogen-bond donors (Lipinski definition) is 4. The van der Waals surface area contributed by atoms with Crippen molar-refractivity contribution in [2.45, 2.75) is 65.1 Å². The van der Waals surface area contributed by atoms with Crippen LogP contribution in [0.25, 0.3) is 0 Å². The van der Waals surface area contributed by atoms with Crippen molar-refractivity contribution in [3.05, 3.63) is 0 Å². The standard InChI is InChI=1S/C17H31N5O5/c1-10(2)13(20-16(26)27-17(3,4)5)15(25)22-8-6-7-11(22)14(24)19-9-12(23)21-18/h10-11,13H,6-9,18H2,1-5H3,(H,19,24)(H,20,26)(H,21,23)/t11-,13-/m0/s1. The van der Waals surface area contributed by atoms with E-state index >= 15 is 0 Å². The number of carbonyl (C=O) groups excluding carboxylic acids is 4. The number of amides is 4. The summed E-state index contributed by atoms with van der Waals surface area (Å²) in [5.74, 6) is 3.47. The molecule has 0 unspecified atom stereocenters. The highest BCUT2D eigenvalue weighted by Crippen LogP contribution is 2.20. The van der Waals surface area contributed by atoms with Gasteiger partial charge in [-0.05, 0) is 39.5 Å². The van der Waals surface area contributed by atoms with Crippen molar-refractivity contribution in [1.29, 1.82) is 0 Å². The van der Waals surface area contributed by atoms with E-state index in [-0.39, 0.29) is 18.4 Å². The van der Waals surface area contributed by atoms with E-state index in [1.165, 1.54) is 4.90 Å². The number of hydrogen-bond acceptors (Lipinski definition) is 6. The molecule has 0 aliphatic carbocycles. The molecule has 1 saturated heterocycles. The first-order chi connectivity index (χ1) is 12.5. The summed E-state index contributed by atoms with van der Waals surface area (Å²) in [6.07, 6.45) is 0.456. The molecular weight excluding hydrogens is 354 g/mol. The van der Waals surface area contributed by atoms with Crippen LogP contribution in [-0.4, -0.2) is 59.5 Å². The molecule has 5 N–H and O–H groups in total. The van der Waals surface area contributed by atoms with Crippen molar-refractivity contribution >= 4 is 23.8 Å². The summed E-state index contributed by atoms with van der Waals surface area (Å²) in [5.41, 5.74) is 1.24. The van der Waals surface area contributed by atoms with Crippen LogP contribution in [-0.2, 0) is 19.1 Å². The van der Waals surface area contributed by atoms with Crippen LogP contribution in [0.4, 0.5) is 4.79 Å². The molecule has 1 aliphatic heterocycles. The van der Waals surface area contributed by atoms with E-state index in [4.69, 9.17) is 10.6 Å². The minimum atomic E-state index is -0.819. The van der Waals surface area contributed by atoms with Crippen molar-refractivity contribution < 1.29 is 23.9 Å². The largest absolute Gasteiger partial charge is 0.444 e. The SMILES string of the molecule is CC(C)[C@H](NC(=O)OC(C)(C)C)C(=O)N1CCC[C@H]1C(=O)NCC(=O)NN. The van der Waals surface area contributed by atoms with Crippen molar-refractivity contribution in [1.82, 2.24) is 21.0 Å². The van der Waals surface area contributed by atoms with Crippen LogP contribution in [0, 0.1) is 5.92 Å². The van der Waals surface area contributed by atoms with Gasteiger partial charge in [0, 0.05) is 6.54 Å². The fourth-order valence-electron chi connectivity index (χ4n) is 2.77. The van der Waals surface area contributed by atoms with Gasteiger partial charge in [0.1, 0.15) is 17.7 Å². The number of likely N-dealkylation sites (tertiary alicyclic amines) is 1. The van der Waals surface area contributed by atoms with Crippen molar-refractivity contribution in [2.75, 3.05) is 13.1 Å². The average Bonchev–Trinajstić information content (AvgIpc) is 3.04. The van der Waals surface area contributed by atoms with E-state index < -0.39 is 35.6 Å². The third-order valence-corrected chi connectivity index (χ3v) is 4.03. The number of hydrazine groups is 1. The van der Waals surface area contributed by atoms with E-state index in [1.54, 1.807) is 34.6 Å². The highest BCUT2D eigenvalue weighted by molar-refractivity contribution is 5.93. The Kier molecular flexibility index (Phi) is 8.01. The number of nitrogens with one attached hydrogen (secondary N) is 3. The number of rotatable bonds is 6. The maximum absolute atomic E-state index is 13.0. The molecule has 0 bridgehead atoms. The maximum atomic E-state index is 13.0. The molecular formula is C17H31N5O5. The summed E-state index contributed by atoms with van der Waals surface area (Å²) in [4.78, 5) is 50.0. The molecule has 0 aromatic rings. The van der Waals surface area contributed by atoms with Crippen molar-refractivity contribution in [2.24, 2.45) is 11.8 Å². The summed E-state index contributed by atoms with van der Waals surface area (Å²) < 4.78 is 5.23. The van der Waals surface area contributed by atoms with Crippen molar-refractivity contribution in [3.8, 4) is 0 Å². The first-order valence-electron chi connectivity index (χ1n) is 9.03. The van der Waals surface area contributed by atoms with Gasteiger partial charge in [-0.25, -0.2) is 10.6 Å². The predicted molar refractivity (Wildman–Crippen MR) is 98.1 cm³/mol. The van der Waals surface area contributed by atoms with Gasteiger partial charge in [-0.3, -0.25) is 19.8 Å². The smallest absolute Gasteiger partial charge is 0.408 e. The van der Waals surface area contributed by atoms with Crippen molar-refractivity contribution in [3.63, 3.8) is 0 Å². The Bertz CT molecular complexity index is 573. The molecule has 154 valence electrons. The van der Waals surface area contributed by atoms with Crippen LogP contribution in [0.5, 0.6) is 0 Å². The molecule has 10 nitrogen and oxygen atoms in total. The number of alkyl carbamates (subject to hydrolysis) is 1. The summed E-state index contributed by atoms with van der Waals surface area (Å²) in [6, 6.07) is -1.51. The minimum absolute atomic E-state index is 0.197. The molecule has 0 radical (unpaired) electrons. The molecule has 2 atom stereocenters. The Morgan fingerprint density at radius 1 is 1.22 bits per heavy atom. The van der Waals surface area contributed by atoms with Gasteiger partial charge in [-0.15, -0.1) is 0 Å². The maximum Gasteiger partial charge on any atom is 0.408 e. The number of nitrogens with two attached hydrogens (primary N) is 1. The highest BCUT2D eigenvalue weighted by Gasteiger charge is 2.39. The number of carbonyl (C=O) groups is 4. The molecule has 4 amide bonds. The molecule has 0 aromatic heterocycles. The zero-order chi connectivity index (χ0) is 20.8. The van der Waals surface area contributed by atoms with Crippen LogP contribution >= 0.6 is 0 Å². The van der Waals surface area contributed by atoms with Gasteiger partial charge in [-0.1, -0.05) is 13.8 Å². The number of ether oxygens (including phenoxy) is 1. The van der Waals surface area contributed by atoms with Gasteiger partial charge in [0.15, 0.2) is 0 Å². The average molecular weight is 385 g/mol. The lowest BCUT2D eigenvalue weighted by atomic mass is 10.0. The molecule has 0 saturated carbocycles. The molecule has 0 aromatic carbocycles. The van der Waals surface area contributed by atoms with Crippen LogP contribution in [0.15, 0.2) is 0 Å². The molecule has 1 aliphatic rings. The summed E-state index contributed by atoms with van der Waals surface area (Å²) in [5, 5.41) is 5.07. The zero-order valence-corrected chi connectivity index (χ0v) is 16.6. The minimum Gasteiger partial charge on any atom is -0.444 e. The molecule has 27 heavy (non-hydrogen) atoms. The molecule has 1 heterocycles. The zero-order valence-electron chi connectivity index (χ0n) is 16.6.